The van der Waals surface area contributed by atoms with Gasteiger partial charge >= 0.3 is 0 Å². The first-order chi connectivity index (χ1) is 18.0. The van der Waals surface area contributed by atoms with Gasteiger partial charge in [0.25, 0.3) is 5.56 Å². The molecule has 37 heavy (non-hydrogen) atoms. The average molecular weight is 535 g/mol. The van der Waals surface area contributed by atoms with E-state index in [4.69, 9.17) is 11.6 Å². The predicted molar refractivity (Wildman–Crippen MR) is 151 cm³/mol. The van der Waals surface area contributed by atoms with E-state index in [0.717, 1.165) is 61.1 Å². The van der Waals surface area contributed by atoms with Crippen molar-refractivity contribution in [3.05, 3.63) is 99.2 Å². The molecule has 1 aliphatic heterocycles. The van der Waals surface area contributed by atoms with Crippen LogP contribution in [0.15, 0.2) is 76.7 Å². The molecule has 0 unspecified atom stereocenters. The average Bonchev–Trinajstić information content (AvgIpc) is 3.28. The Morgan fingerprint density at radius 3 is 2.35 bits per heavy atom. The third-order valence-corrected chi connectivity index (χ3v) is 8.23. The molecule has 4 aromatic rings. The number of rotatable bonds is 8. The number of piperazine rings is 1. The normalized spacial score (nSPS) is 14.3. The molecule has 1 aliphatic rings. The number of aromatic nitrogens is 4. The summed E-state index contributed by atoms with van der Waals surface area (Å²) in [6.45, 7) is 9.55. The molecule has 0 N–H and O–H groups in total. The van der Waals surface area contributed by atoms with Gasteiger partial charge in [-0.2, -0.15) is 14.9 Å². The molecule has 192 valence electrons. The molecule has 0 bridgehead atoms. The van der Waals surface area contributed by atoms with E-state index in [1.165, 1.54) is 15.9 Å². The zero-order chi connectivity index (χ0) is 25.8. The van der Waals surface area contributed by atoms with Crippen LogP contribution in [0, 0.1) is 6.92 Å². The standard InChI is InChI=1S/C28H31ClN6OS/c1-3-34-21(2)23(17-30-34)19-32-13-15-33(16-14-32)26-18-31-35(25-7-5-4-6-8-25)28(36)27(26)37-20-22-9-11-24(29)12-10-22/h4-12,17-18H,3,13-16,19-20H2,1-2H3. The number of hydrogen-bond donors (Lipinski definition) is 0. The van der Waals surface area contributed by atoms with Gasteiger partial charge in [0, 0.05) is 61.3 Å². The van der Waals surface area contributed by atoms with E-state index in [1.807, 2.05) is 71.7 Å². The van der Waals surface area contributed by atoms with E-state index < -0.39 is 0 Å². The quantitative estimate of drug-likeness (QED) is 0.296. The van der Waals surface area contributed by atoms with Crippen LogP contribution in [0.3, 0.4) is 0 Å². The first-order valence-corrected chi connectivity index (χ1v) is 13.9. The van der Waals surface area contributed by atoms with Gasteiger partial charge in [-0.25, -0.2) is 0 Å². The van der Waals surface area contributed by atoms with Crippen molar-refractivity contribution in [1.82, 2.24) is 24.5 Å². The van der Waals surface area contributed by atoms with E-state index in [9.17, 15) is 4.79 Å². The SMILES string of the molecule is CCn1ncc(CN2CCN(c3cnn(-c4ccccc4)c(=O)c3SCc3ccc(Cl)cc3)CC2)c1C. The summed E-state index contributed by atoms with van der Waals surface area (Å²) in [6, 6.07) is 17.4. The molecule has 2 aromatic heterocycles. The van der Waals surface area contributed by atoms with Gasteiger partial charge in [-0.05, 0) is 43.7 Å². The van der Waals surface area contributed by atoms with E-state index in [-0.39, 0.29) is 5.56 Å². The molecule has 0 saturated carbocycles. The Morgan fingerprint density at radius 2 is 1.68 bits per heavy atom. The number of hydrogen-bond acceptors (Lipinski definition) is 6. The van der Waals surface area contributed by atoms with E-state index in [1.54, 1.807) is 11.8 Å². The highest BCUT2D eigenvalue weighted by atomic mass is 35.5. The van der Waals surface area contributed by atoms with Crippen LogP contribution in [0.25, 0.3) is 5.69 Å². The molecule has 1 fully saturated rings. The molecule has 0 spiro atoms. The van der Waals surface area contributed by atoms with Crippen molar-refractivity contribution < 1.29 is 0 Å². The molecule has 1 saturated heterocycles. The predicted octanol–water partition coefficient (Wildman–Crippen LogP) is 5.03. The number of nitrogens with zero attached hydrogens (tertiary/aromatic N) is 6. The summed E-state index contributed by atoms with van der Waals surface area (Å²) in [7, 11) is 0. The topological polar surface area (TPSA) is 59.2 Å². The first kappa shape index (κ1) is 25.6. The van der Waals surface area contributed by atoms with E-state index >= 15 is 0 Å². The van der Waals surface area contributed by atoms with Crippen molar-refractivity contribution in [3.63, 3.8) is 0 Å². The Balaban J connectivity index is 1.36. The van der Waals surface area contributed by atoms with E-state index in [0.29, 0.717) is 10.8 Å². The van der Waals surface area contributed by atoms with Crippen molar-refractivity contribution in [3.8, 4) is 5.69 Å². The summed E-state index contributed by atoms with van der Waals surface area (Å²) in [5.41, 5.74) is 5.22. The molecule has 0 radical (unpaired) electrons. The molecule has 0 atom stereocenters. The smallest absolute Gasteiger partial charge is 0.287 e. The van der Waals surface area contributed by atoms with Crippen LogP contribution in [-0.2, 0) is 18.8 Å². The Labute approximate surface area is 226 Å². The fourth-order valence-corrected chi connectivity index (χ4v) is 5.80. The Morgan fingerprint density at radius 1 is 0.946 bits per heavy atom. The second kappa shape index (κ2) is 11.5. The maximum absolute atomic E-state index is 13.7. The molecule has 0 aliphatic carbocycles. The lowest BCUT2D eigenvalue weighted by Crippen LogP contribution is -2.46. The van der Waals surface area contributed by atoms with Crippen molar-refractivity contribution in [1.29, 1.82) is 0 Å². The van der Waals surface area contributed by atoms with Gasteiger partial charge in [0.05, 0.1) is 23.8 Å². The van der Waals surface area contributed by atoms with Gasteiger partial charge in [-0.15, -0.1) is 11.8 Å². The zero-order valence-electron chi connectivity index (χ0n) is 21.2. The minimum Gasteiger partial charge on any atom is -0.367 e. The van der Waals surface area contributed by atoms with Gasteiger partial charge in [0.2, 0.25) is 0 Å². The van der Waals surface area contributed by atoms with Gasteiger partial charge in [0.1, 0.15) is 4.90 Å². The summed E-state index contributed by atoms with van der Waals surface area (Å²) in [6.07, 6.45) is 3.84. The molecule has 2 aromatic carbocycles. The number of para-hydroxylation sites is 1. The van der Waals surface area contributed by atoms with Crippen molar-refractivity contribution in [2.24, 2.45) is 0 Å². The van der Waals surface area contributed by atoms with Crippen LogP contribution in [0.5, 0.6) is 0 Å². The lowest BCUT2D eigenvalue weighted by atomic mass is 10.2. The van der Waals surface area contributed by atoms with E-state index in [2.05, 4.69) is 33.8 Å². The number of aryl methyl sites for hydroxylation is 1. The highest BCUT2D eigenvalue weighted by molar-refractivity contribution is 7.98. The molecular formula is C28H31ClN6OS. The maximum atomic E-state index is 13.7. The van der Waals surface area contributed by atoms with Crippen LogP contribution >= 0.6 is 23.4 Å². The monoisotopic (exact) mass is 534 g/mol. The summed E-state index contributed by atoms with van der Waals surface area (Å²) < 4.78 is 3.54. The molecule has 5 rings (SSSR count). The Bertz CT molecular complexity index is 1390. The van der Waals surface area contributed by atoms with Crippen molar-refractivity contribution in [2.45, 2.75) is 37.6 Å². The fourth-order valence-electron chi connectivity index (χ4n) is 4.63. The molecule has 3 heterocycles. The molecule has 0 amide bonds. The molecular weight excluding hydrogens is 504 g/mol. The highest BCUT2D eigenvalue weighted by Gasteiger charge is 2.23. The maximum Gasteiger partial charge on any atom is 0.287 e. The fraction of sp³-hybridized carbons (Fsp3) is 0.321. The van der Waals surface area contributed by atoms with Gasteiger partial charge in [-0.3, -0.25) is 14.4 Å². The summed E-state index contributed by atoms with van der Waals surface area (Å²) in [4.78, 5) is 19.2. The minimum atomic E-state index is -0.0901. The lowest BCUT2D eigenvalue weighted by Gasteiger charge is -2.36. The third-order valence-electron chi connectivity index (χ3n) is 6.82. The van der Waals surface area contributed by atoms with Crippen molar-refractivity contribution in [2.75, 3.05) is 31.1 Å². The minimum absolute atomic E-state index is 0.0901. The van der Waals surface area contributed by atoms with Crippen LogP contribution in [-0.4, -0.2) is 50.6 Å². The Hall–Kier alpha value is -3.07. The van der Waals surface area contributed by atoms with Crippen LogP contribution in [0.4, 0.5) is 5.69 Å². The van der Waals surface area contributed by atoms with Gasteiger partial charge < -0.3 is 4.90 Å². The zero-order valence-corrected chi connectivity index (χ0v) is 22.8. The summed E-state index contributed by atoms with van der Waals surface area (Å²) in [5, 5.41) is 9.77. The van der Waals surface area contributed by atoms with Crippen LogP contribution in [0.1, 0.15) is 23.7 Å². The molecule has 9 heteroatoms. The first-order valence-electron chi connectivity index (χ1n) is 12.6. The number of benzene rings is 2. The lowest BCUT2D eigenvalue weighted by molar-refractivity contribution is 0.249. The third kappa shape index (κ3) is 5.76. The summed E-state index contributed by atoms with van der Waals surface area (Å²) >= 11 is 7.63. The van der Waals surface area contributed by atoms with Gasteiger partial charge in [-0.1, -0.05) is 41.9 Å². The summed E-state index contributed by atoms with van der Waals surface area (Å²) in [5.74, 6) is 0.679. The van der Waals surface area contributed by atoms with Crippen molar-refractivity contribution >= 4 is 29.1 Å². The number of anilines is 1. The number of halogens is 1. The largest absolute Gasteiger partial charge is 0.367 e. The Kier molecular flexibility index (Phi) is 7.98. The van der Waals surface area contributed by atoms with Gasteiger partial charge in [0.15, 0.2) is 0 Å². The number of thioether (sulfide) groups is 1. The second-order valence-electron chi connectivity index (χ2n) is 9.16. The second-order valence-corrected chi connectivity index (χ2v) is 10.6. The van der Waals surface area contributed by atoms with Crippen LogP contribution < -0.4 is 10.5 Å². The molecule has 7 nitrogen and oxygen atoms in total. The highest BCUT2D eigenvalue weighted by Crippen LogP contribution is 2.30. The van der Waals surface area contributed by atoms with Crippen LogP contribution in [0.2, 0.25) is 5.02 Å².